The van der Waals surface area contributed by atoms with Gasteiger partial charge >= 0.3 is 0 Å². The second kappa shape index (κ2) is 7.48. The molecule has 0 amide bonds. The molecule has 2 rings (SSSR count). The van der Waals surface area contributed by atoms with E-state index in [2.05, 4.69) is 13.8 Å². The molecule has 0 aliphatic rings. The number of anilines is 1. The van der Waals surface area contributed by atoms with Crippen LogP contribution in [-0.4, -0.2) is 17.8 Å². The summed E-state index contributed by atoms with van der Waals surface area (Å²) in [7, 11) is 0. The summed E-state index contributed by atoms with van der Waals surface area (Å²) in [5.41, 5.74) is 1.99. The first kappa shape index (κ1) is 15.9. The number of halogens is 1. The quantitative estimate of drug-likeness (QED) is 0.743. The molecule has 112 valence electrons. The van der Waals surface area contributed by atoms with Crippen LogP contribution in [0.2, 0.25) is 0 Å². The Kier molecular flexibility index (Phi) is 5.65. The molecule has 0 aliphatic heterocycles. The summed E-state index contributed by atoms with van der Waals surface area (Å²) < 4.78 is 27.1. The molecule has 2 aromatic carbocycles. The Bertz CT molecular complexity index is 544. The SMILES string of the molecule is CC(C)c1ccc(N(CCF)[S+]([O-])c2ccccc2)cc1. The lowest BCUT2D eigenvalue weighted by atomic mass is 10.0. The second-order valence-corrected chi connectivity index (χ2v) is 6.51. The third-order valence-electron chi connectivity index (χ3n) is 3.28. The Balaban J connectivity index is 2.26. The van der Waals surface area contributed by atoms with Crippen molar-refractivity contribution >= 4 is 17.0 Å². The van der Waals surface area contributed by atoms with Gasteiger partial charge in [0.1, 0.15) is 18.0 Å². The highest BCUT2D eigenvalue weighted by Gasteiger charge is 2.22. The van der Waals surface area contributed by atoms with Crippen LogP contribution in [0.3, 0.4) is 0 Å². The molecule has 0 saturated carbocycles. The average molecular weight is 305 g/mol. The number of hydrogen-bond acceptors (Lipinski definition) is 2. The maximum absolute atomic E-state index is 12.8. The van der Waals surface area contributed by atoms with Crippen LogP contribution in [0.5, 0.6) is 0 Å². The Morgan fingerprint density at radius 1 is 1.05 bits per heavy atom. The third-order valence-corrected chi connectivity index (χ3v) is 4.75. The number of rotatable bonds is 6. The molecule has 0 saturated heterocycles. The Hall–Kier alpha value is -1.52. The number of alkyl halides is 1. The lowest BCUT2D eigenvalue weighted by Crippen LogP contribution is -2.33. The Morgan fingerprint density at radius 3 is 2.19 bits per heavy atom. The van der Waals surface area contributed by atoms with Gasteiger partial charge in [0.2, 0.25) is 0 Å². The molecule has 0 fully saturated rings. The van der Waals surface area contributed by atoms with Crippen molar-refractivity contribution in [3.63, 3.8) is 0 Å². The first-order valence-corrected chi connectivity index (χ1v) is 8.14. The second-order valence-electron chi connectivity index (χ2n) is 5.10. The van der Waals surface area contributed by atoms with Gasteiger partial charge in [-0.25, -0.2) is 4.39 Å². The van der Waals surface area contributed by atoms with Gasteiger partial charge in [-0.3, -0.25) is 0 Å². The van der Waals surface area contributed by atoms with E-state index < -0.39 is 18.0 Å². The zero-order valence-corrected chi connectivity index (χ0v) is 13.1. The van der Waals surface area contributed by atoms with Crippen molar-refractivity contribution in [2.75, 3.05) is 17.5 Å². The van der Waals surface area contributed by atoms with Crippen LogP contribution in [0.4, 0.5) is 10.1 Å². The fourth-order valence-corrected chi connectivity index (χ4v) is 3.27. The van der Waals surface area contributed by atoms with E-state index in [0.29, 0.717) is 10.8 Å². The molecule has 0 heterocycles. The van der Waals surface area contributed by atoms with Gasteiger partial charge in [0.25, 0.3) is 0 Å². The summed E-state index contributed by atoms with van der Waals surface area (Å²) in [6.45, 7) is 3.82. The monoisotopic (exact) mass is 305 g/mol. The Labute approximate surface area is 128 Å². The lowest BCUT2D eigenvalue weighted by Gasteiger charge is -2.25. The van der Waals surface area contributed by atoms with Crippen LogP contribution in [-0.2, 0) is 11.4 Å². The Morgan fingerprint density at radius 2 is 1.67 bits per heavy atom. The van der Waals surface area contributed by atoms with Crippen molar-refractivity contribution in [1.82, 2.24) is 0 Å². The van der Waals surface area contributed by atoms with E-state index in [-0.39, 0.29) is 6.54 Å². The summed E-state index contributed by atoms with van der Waals surface area (Å²) in [6, 6.07) is 17.0. The molecular weight excluding hydrogens is 285 g/mol. The summed E-state index contributed by atoms with van der Waals surface area (Å²) in [6.07, 6.45) is 0. The normalized spacial score (nSPS) is 12.4. The van der Waals surface area contributed by atoms with Gasteiger partial charge in [0, 0.05) is 0 Å². The molecule has 0 spiro atoms. The van der Waals surface area contributed by atoms with Gasteiger partial charge in [-0.2, -0.15) is 4.31 Å². The largest absolute Gasteiger partial charge is 0.588 e. The van der Waals surface area contributed by atoms with Crippen molar-refractivity contribution < 1.29 is 8.94 Å². The molecule has 0 radical (unpaired) electrons. The zero-order valence-electron chi connectivity index (χ0n) is 12.3. The van der Waals surface area contributed by atoms with E-state index in [0.717, 1.165) is 5.69 Å². The van der Waals surface area contributed by atoms with Crippen molar-refractivity contribution in [2.24, 2.45) is 0 Å². The molecular formula is C17H20FNOS. The first-order chi connectivity index (χ1) is 10.1. The molecule has 4 heteroatoms. The fourth-order valence-electron chi connectivity index (χ4n) is 2.07. The number of hydrogen-bond donors (Lipinski definition) is 0. The minimum atomic E-state index is -1.40. The third kappa shape index (κ3) is 3.99. The van der Waals surface area contributed by atoms with Crippen LogP contribution in [0.1, 0.15) is 25.3 Å². The fraction of sp³-hybridized carbons (Fsp3) is 0.294. The van der Waals surface area contributed by atoms with E-state index in [9.17, 15) is 8.94 Å². The lowest BCUT2D eigenvalue weighted by molar-refractivity contribution is 0.499. The summed E-state index contributed by atoms with van der Waals surface area (Å²) in [5.74, 6) is 0.438. The molecule has 0 aromatic heterocycles. The van der Waals surface area contributed by atoms with Crippen molar-refractivity contribution in [2.45, 2.75) is 24.7 Å². The van der Waals surface area contributed by atoms with Crippen LogP contribution in [0.15, 0.2) is 59.5 Å². The van der Waals surface area contributed by atoms with Crippen LogP contribution >= 0.6 is 0 Å². The average Bonchev–Trinajstić information content (AvgIpc) is 2.53. The van der Waals surface area contributed by atoms with Crippen molar-refractivity contribution in [3.8, 4) is 0 Å². The van der Waals surface area contributed by atoms with Gasteiger partial charge in [-0.15, -0.1) is 0 Å². The van der Waals surface area contributed by atoms with E-state index in [1.54, 1.807) is 16.4 Å². The van der Waals surface area contributed by atoms with Crippen molar-refractivity contribution in [3.05, 3.63) is 60.2 Å². The van der Waals surface area contributed by atoms with Crippen LogP contribution in [0.25, 0.3) is 0 Å². The summed E-state index contributed by atoms with van der Waals surface area (Å²) in [5, 5.41) is 0. The van der Waals surface area contributed by atoms with Gasteiger partial charge in [-0.1, -0.05) is 44.2 Å². The maximum atomic E-state index is 12.8. The molecule has 0 N–H and O–H groups in total. The predicted octanol–water partition coefficient (Wildman–Crippen LogP) is 4.31. The van der Waals surface area contributed by atoms with Gasteiger partial charge < -0.3 is 4.55 Å². The molecule has 1 atom stereocenters. The molecule has 2 nitrogen and oxygen atoms in total. The van der Waals surface area contributed by atoms with Gasteiger partial charge in [0.05, 0.1) is 12.2 Å². The predicted molar refractivity (Wildman–Crippen MR) is 86.7 cm³/mol. The van der Waals surface area contributed by atoms with Crippen LogP contribution in [0, 0.1) is 0 Å². The standard InChI is InChI=1S/C17H20FNOS/c1-14(2)15-8-10-16(11-9-15)19(13-12-18)21(20)17-6-4-3-5-7-17/h3-11,14H,12-13H2,1-2H3. The number of benzene rings is 2. The summed E-state index contributed by atoms with van der Waals surface area (Å²) >= 11 is -1.40. The van der Waals surface area contributed by atoms with E-state index >= 15 is 0 Å². The van der Waals surface area contributed by atoms with E-state index in [1.165, 1.54) is 5.56 Å². The molecule has 1 unspecified atom stereocenters. The first-order valence-electron chi connectivity index (χ1n) is 7.04. The minimum Gasteiger partial charge on any atom is -0.588 e. The minimum absolute atomic E-state index is 0.114. The van der Waals surface area contributed by atoms with Crippen molar-refractivity contribution in [1.29, 1.82) is 0 Å². The zero-order chi connectivity index (χ0) is 15.2. The highest BCUT2D eigenvalue weighted by Crippen LogP contribution is 2.25. The molecule has 0 aliphatic carbocycles. The highest BCUT2D eigenvalue weighted by molar-refractivity contribution is 7.92. The number of nitrogens with zero attached hydrogens (tertiary/aromatic N) is 1. The van der Waals surface area contributed by atoms with Gasteiger partial charge in [0.15, 0.2) is 4.90 Å². The summed E-state index contributed by atoms with van der Waals surface area (Å²) in [4.78, 5) is 0.680. The van der Waals surface area contributed by atoms with E-state index in [4.69, 9.17) is 0 Å². The highest BCUT2D eigenvalue weighted by atomic mass is 32.2. The molecule has 2 aromatic rings. The van der Waals surface area contributed by atoms with E-state index in [1.807, 2.05) is 42.5 Å². The molecule has 0 bridgehead atoms. The molecule has 21 heavy (non-hydrogen) atoms. The topological polar surface area (TPSA) is 26.3 Å². The van der Waals surface area contributed by atoms with Gasteiger partial charge in [-0.05, 0) is 35.7 Å². The smallest absolute Gasteiger partial charge is 0.180 e. The van der Waals surface area contributed by atoms with Crippen LogP contribution < -0.4 is 4.31 Å². The maximum Gasteiger partial charge on any atom is 0.180 e.